The zero-order chi connectivity index (χ0) is 21.0. The van der Waals surface area contributed by atoms with E-state index < -0.39 is 16.9 Å². The second-order valence-corrected chi connectivity index (χ2v) is 8.45. The van der Waals surface area contributed by atoms with Crippen LogP contribution in [-0.4, -0.2) is 22.5 Å². The summed E-state index contributed by atoms with van der Waals surface area (Å²) in [5, 5.41) is 29.7. The van der Waals surface area contributed by atoms with E-state index >= 15 is 0 Å². The molecule has 1 N–H and O–H groups in total. The number of aryl methyl sites for hydroxylation is 2. The molecule has 0 bridgehead atoms. The van der Waals surface area contributed by atoms with E-state index in [2.05, 4.69) is 0 Å². The predicted octanol–water partition coefficient (Wildman–Crippen LogP) is 4.19. The minimum Gasteiger partial charge on any atom is -0.473 e. The topological polar surface area (TPSA) is 117 Å². The monoisotopic (exact) mass is 381 g/mol. The highest BCUT2D eigenvalue weighted by atomic mass is 16.6. The molecular weight excluding hydrogens is 358 g/mol. The number of carbonyl (C=O) groups is 1. The highest BCUT2D eigenvalue weighted by Gasteiger charge is 2.46. The number of nitrogens with one attached hydrogen (secondary N) is 1. The average Bonchev–Trinajstić information content (AvgIpc) is 2.54. The smallest absolute Gasteiger partial charge is 0.275 e. The van der Waals surface area contributed by atoms with Crippen LogP contribution in [-0.2, 0) is 9.53 Å². The van der Waals surface area contributed by atoms with Crippen molar-refractivity contribution in [2.75, 3.05) is 0 Å². The highest BCUT2D eigenvalue weighted by molar-refractivity contribution is 6.10. The number of hydrogen-bond acceptors (Lipinski definition) is 6. The number of rotatable bonds is 2. The van der Waals surface area contributed by atoms with Crippen molar-refractivity contribution in [3.63, 3.8) is 0 Å². The summed E-state index contributed by atoms with van der Waals surface area (Å²) < 4.78 is 5.73. The number of nitro groups is 1. The summed E-state index contributed by atoms with van der Waals surface area (Å²) in [5.74, 6) is -0.480. The van der Waals surface area contributed by atoms with Crippen LogP contribution in [0.15, 0.2) is 17.4 Å². The molecule has 3 rings (SSSR count). The number of Topliss-reactive ketones (excluding diaryl/α,β-unsaturated/α-hetero) is 1. The van der Waals surface area contributed by atoms with E-state index in [1.54, 1.807) is 19.9 Å². The van der Waals surface area contributed by atoms with Gasteiger partial charge in [-0.15, -0.1) is 0 Å². The number of hydrogen-bond donors (Lipinski definition) is 1. The number of allylic oxidation sites excluding steroid dienone is 2. The van der Waals surface area contributed by atoms with Crippen molar-refractivity contribution in [1.82, 2.24) is 0 Å². The summed E-state index contributed by atoms with van der Waals surface area (Å²) in [4.78, 5) is 24.2. The standard InChI is InChI=1S/C21H23N3O4/c1-10-6-11(2)20(24(26)27)12(3)16(10)18-17-13(25)7-21(4,5)8-14(17)28-15(9-22)19(18)23/h6,15,18,23H,7-8H2,1-5H3/t15-,18-/m0/s1. The van der Waals surface area contributed by atoms with Gasteiger partial charge < -0.3 is 10.1 Å². The van der Waals surface area contributed by atoms with Gasteiger partial charge in [-0.05, 0) is 43.4 Å². The van der Waals surface area contributed by atoms with Crippen LogP contribution in [0.2, 0.25) is 0 Å². The lowest BCUT2D eigenvalue weighted by Gasteiger charge is -2.40. The van der Waals surface area contributed by atoms with E-state index in [0.29, 0.717) is 40.9 Å². The molecule has 0 unspecified atom stereocenters. The van der Waals surface area contributed by atoms with Gasteiger partial charge in [-0.3, -0.25) is 14.9 Å². The number of carbonyl (C=O) groups excluding carboxylic acids is 1. The molecule has 2 atom stereocenters. The Morgan fingerprint density at radius 1 is 1.29 bits per heavy atom. The minimum absolute atomic E-state index is 0.0147. The number of ketones is 1. The first-order chi connectivity index (χ1) is 13.0. The lowest BCUT2D eigenvalue weighted by atomic mass is 9.68. The van der Waals surface area contributed by atoms with Gasteiger partial charge in [0, 0.05) is 29.5 Å². The van der Waals surface area contributed by atoms with Crippen LogP contribution in [0, 0.1) is 53.0 Å². The van der Waals surface area contributed by atoms with Crippen molar-refractivity contribution in [2.45, 2.75) is 59.5 Å². The molecule has 0 aromatic heterocycles. The minimum atomic E-state index is -1.11. The molecule has 1 heterocycles. The van der Waals surface area contributed by atoms with Crippen LogP contribution in [0.3, 0.4) is 0 Å². The largest absolute Gasteiger partial charge is 0.473 e. The molecule has 0 spiro atoms. The Morgan fingerprint density at radius 3 is 2.50 bits per heavy atom. The van der Waals surface area contributed by atoms with Gasteiger partial charge in [0.2, 0.25) is 6.10 Å². The van der Waals surface area contributed by atoms with Crippen molar-refractivity contribution >= 4 is 17.2 Å². The van der Waals surface area contributed by atoms with E-state index in [4.69, 9.17) is 10.1 Å². The molecule has 7 heteroatoms. The van der Waals surface area contributed by atoms with E-state index in [9.17, 15) is 20.2 Å². The average molecular weight is 381 g/mol. The second kappa shape index (κ2) is 6.55. The van der Waals surface area contributed by atoms with E-state index in [1.165, 1.54) is 0 Å². The summed E-state index contributed by atoms with van der Waals surface area (Å²) in [6.07, 6.45) is -0.311. The van der Waals surface area contributed by atoms with Crippen LogP contribution in [0.1, 0.15) is 54.9 Å². The van der Waals surface area contributed by atoms with Gasteiger partial charge in [0.1, 0.15) is 11.8 Å². The first kappa shape index (κ1) is 19.7. The van der Waals surface area contributed by atoms with Gasteiger partial charge in [0.05, 0.1) is 16.6 Å². The van der Waals surface area contributed by atoms with Gasteiger partial charge in [0.15, 0.2) is 5.78 Å². The van der Waals surface area contributed by atoms with Crippen LogP contribution >= 0.6 is 0 Å². The van der Waals surface area contributed by atoms with Crippen molar-refractivity contribution in [3.05, 3.63) is 49.8 Å². The van der Waals surface area contributed by atoms with Crippen molar-refractivity contribution in [3.8, 4) is 6.07 Å². The Balaban J connectivity index is 2.32. The SMILES string of the molecule is Cc1cc(C)c([N+](=O)[O-])c(C)c1[C@@H]1C(=N)[C@H](C#N)OC2=C1C(=O)CC(C)(C)C2. The van der Waals surface area contributed by atoms with E-state index in [-0.39, 0.29) is 22.6 Å². The number of benzene rings is 1. The van der Waals surface area contributed by atoms with Gasteiger partial charge in [-0.1, -0.05) is 13.8 Å². The molecular formula is C21H23N3O4. The van der Waals surface area contributed by atoms with E-state index in [1.807, 2.05) is 26.8 Å². The first-order valence-electron chi connectivity index (χ1n) is 9.14. The van der Waals surface area contributed by atoms with Crippen LogP contribution in [0.25, 0.3) is 0 Å². The molecule has 1 aromatic carbocycles. The fraction of sp³-hybridized carbons (Fsp3) is 0.476. The third-order valence-electron chi connectivity index (χ3n) is 5.60. The van der Waals surface area contributed by atoms with Gasteiger partial charge >= 0.3 is 0 Å². The highest BCUT2D eigenvalue weighted by Crippen LogP contribution is 2.48. The van der Waals surface area contributed by atoms with Crippen LogP contribution in [0.5, 0.6) is 0 Å². The normalized spacial score (nSPS) is 23.7. The zero-order valence-electron chi connectivity index (χ0n) is 16.7. The molecule has 0 saturated carbocycles. The lowest BCUT2D eigenvalue weighted by molar-refractivity contribution is -0.386. The van der Waals surface area contributed by atoms with Crippen LogP contribution < -0.4 is 0 Å². The Labute approximate surface area is 163 Å². The number of ether oxygens (including phenoxy) is 1. The van der Waals surface area contributed by atoms with Gasteiger partial charge in [0.25, 0.3) is 5.69 Å². The lowest BCUT2D eigenvalue weighted by Crippen LogP contribution is -2.41. The first-order valence-corrected chi connectivity index (χ1v) is 9.14. The molecule has 146 valence electrons. The molecule has 7 nitrogen and oxygen atoms in total. The summed E-state index contributed by atoms with van der Waals surface area (Å²) in [6, 6.07) is 3.70. The van der Waals surface area contributed by atoms with Crippen molar-refractivity contribution in [1.29, 1.82) is 10.7 Å². The molecule has 0 amide bonds. The Hall–Kier alpha value is -3.01. The summed E-state index contributed by atoms with van der Waals surface area (Å²) >= 11 is 0. The summed E-state index contributed by atoms with van der Waals surface area (Å²) in [7, 11) is 0. The number of nitro benzene ring substituents is 1. The maximum Gasteiger partial charge on any atom is 0.275 e. The Bertz CT molecular complexity index is 998. The van der Waals surface area contributed by atoms with E-state index in [0.717, 1.165) is 5.56 Å². The maximum atomic E-state index is 13.0. The van der Waals surface area contributed by atoms with Crippen LogP contribution in [0.4, 0.5) is 5.69 Å². The summed E-state index contributed by atoms with van der Waals surface area (Å²) in [5.41, 5.74) is 2.30. The predicted molar refractivity (Wildman–Crippen MR) is 103 cm³/mol. The Morgan fingerprint density at radius 2 is 1.93 bits per heavy atom. The second-order valence-electron chi connectivity index (χ2n) is 8.45. The molecule has 0 fully saturated rings. The Kier molecular flexibility index (Phi) is 4.62. The molecule has 2 aliphatic rings. The van der Waals surface area contributed by atoms with Gasteiger partial charge in [-0.2, -0.15) is 5.26 Å². The quantitative estimate of drug-likeness (QED) is 0.609. The third-order valence-corrected chi connectivity index (χ3v) is 5.60. The fourth-order valence-electron chi connectivity index (χ4n) is 4.53. The molecule has 0 saturated heterocycles. The molecule has 1 aliphatic carbocycles. The van der Waals surface area contributed by atoms with Crippen molar-refractivity contribution < 1.29 is 14.5 Å². The molecule has 1 aliphatic heterocycles. The number of nitrogens with zero attached hydrogens (tertiary/aromatic N) is 2. The fourth-order valence-corrected chi connectivity index (χ4v) is 4.53. The summed E-state index contributed by atoms with van der Waals surface area (Å²) in [6.45, 7) is 9.06. The zero-order valence-corrected chi connectivity index (χ0v) is 16.7. The molecule has 28 heavy (non-hydrogen) atoms. The number of nitriles is 1. The third kappa shape index (κ3) is 2.99. The molecule has 1 aromatic rings. The van der Waals surface area contributed by atoms with Gasteiger partial charge in [-0.25, -0.2) is 0 Å². The maximum absolute atomic E-state index is 13.0. The molecule has 0 radical (unpaired) electrons. The van der Waals surface area contributed by atoms with Crippen molar-refractivity contribution in [2.24, 2.45) is 5.41 Å².